The molecule has 19 heavy (non-hydrogen) atoms. The number of hydrogen-bond donors (Lipinski definition) is 3. The molecule has 0 aliphatic rings. The van der Waals surface area contributed by atoms with E-state index in [-0.39, 0.29) is 6.04 Å². The lowest BCUT2D eigenvalue weighted by atomic mass is 10.1. The Morgan fingerprint density at radius 3 is 2.63 bits per heavy atom. The molecule has 0 saturated heterocycles. The van der Waals surface area contributed by atoms with Crippen molar-refractivity contribution in [3.8, 4) is 0 Å². The first kappa shape index (κ1) is 15.4. The molecule has 0 aliphatic carbocycles. The zero-order valence-electron chi connectivity index (χ0n) is 11.4. The first-order chi connectivity index (χ1) is 9.02. The third-order valence-electron chi connectivity index (χ3n) is 2.45. The number of thiocarbonyl (C=S) groups is 1. The number of anilines is 1. The van der Waals surface area contributed by atoms with Crippen LogP contribution in [0.25, 0.3) is 0 Å². The van der Waals surface area contributed by atoms with E-state index in [1.54, 1.807) is 7.11 Å². The van der Waals surface area contributed by atoms with E-state index in [1.165, 1.54) is 0 Å². The predicted molar refractivity (Wildman–Crippen MR) is 83.3 cm³/mol. The maximum atomic E-state index is 5.63. The predicted octanol–water partition coefficient (Wildman–Crippen LogP) is 1.49. The molecule has 0 spiro atoms. The van der Waals surface area contributed by atoms with Crippen LogP contribution in [0, 0.1) is 0 Å². The zero-order chi connectivity index (χ0) is 14.3. The molecule has 0 unspecified atom stereocenters. The van der Waals surface area contributed by atoms with Crippen molar-refractivity contribution < 1.29 is 4.74 Å². The average Bonchev–Trinajstić information content (AvgIpc) is 2.37. The van der Waals surface area contributed by atoms with Gasteiger partial charge in [0.05, 0.1) is 12.3 Å². The number of benzene rings is 1. The summed E-state index contributed by atoms with van der Waals surface area (Å²) < 4.78 is 5.01. The highest BCUT2D eigenvalue weighted by Gasteiger charge is 2.03. The van der Waals surface area contributed by atoms with Crippen LogP contribution in [0.15, 0.2) is 29.4 Å². The Labute approximate surface area is 119 Å². The van der Waals surface area contributed by atoms with E-state index in [4.69, 9.17) is 22.7 Å². The van der Waals surface area contributed by atoms with Crippen molar-refractivity contribution in [1.29, 1.82) is 0 Å². The summed E-state index contributed by atoms with van der Waals surface area (Å²) in [6.07, 6.45) is 0. The molecular formula is C13H20N4OS. The van der Waals surface area contributed by atoms with Gasteiger partial charge in [0.15, 0.2) is 5.11 Å². The number of hydrogen-bond acceptors (Lipinski definition) is 4. The first-order valence-corrected chi connectivity index (χ1v) is 6.39. The summed E-state index contributed by atoms with van der Waals surface area (Å²) in [4.78, 5) is 0. The number of ether oxygens (including phenoxy) is 1. The smallest absolute Gasteiger partial charge is 0.187 e. The van der Waals surface area contributed by atoms with E-state index in [9.17, 15) is 0 Å². The third kappa shape index (κ3) is 5.67. The van der Waals surface area contributed by atoms with Crippen LogP contribution < -0.4 is 16.5 Å². The van der Waals surface area contributed by atoms with Crippen molar-refractivity contribution in [2.45, 2.75) is 19.9 Å². The van der Waals surface area contributed by atoms with Gasteiger partial charge in [-0.05, 0) is 43.8 Å². The molecule has 0 aromatic heterocycles. The Kier molecular flexibility index (Phi) is 6.24. The molecule has 0 fully saturated rings. The Hall–Kier alpha value is -1.66. The van der Waals surface area contributed by atoms with Crippen molar-refractivity contribution in [3.05, 3.63) is 29.8 Å². The molecule has 4 N–H and O–H groups in total. The summed E-state index contributed by atoms with van der Waals surface area (Å²) in [5.74, 6) is 0. The molecule has 0 bridgehead atoms. The third-order valence-corrected chi connectivity index (χ3v) is 2.66. The van der Waals surface area contributed by atoms with Gasteiger partial charge in [-0.25, -0.2) is 0 Å². The quantitative estimate of drug-likeness (QED) is 0.330. The van der Waals surface area contributed by atoms with Crippen molar-refractivity contribution in [2.75, 3.05) is 19.5 Å². The normalized spacial score (nSPS) is 12.9. The molecule has 0 heterocycles. The summed E-state index contributed by atoms with van der Waals surface area (Å²) in [7, 11) is 1.65. The molecule has 1 aromatic carbocycles. The maximum Gasteiger partial charge on any atom is 0.187 e. The van der Waals surface area contributed by atoms with Gasteiger partial charge in [-0.1, -0.05) is 12.1 Å². The van der Waals surface area contributed by atoms with Crippen LogP contribution in [-0.4, -0.2) is 30.6 Å². The van der Waals surface area contributed by atoms with Crippen LogP contribution in [0.4, 0.5) is 5.69 Å². The van der Waals surface area contributed by atoms with Crippen molar-refractivity contribution in [3.63, 3.8) is 0 Å². The largest absolute Gasteiger partial charge is 0.399 e. The minimum atomic E-state index is 0.136. The van der Waals surface area contributed by atoms with Gasteiger partial charge >= 0.3 is 0 Å². The Balaban J connectivity index is 2.51. The number of nitrogen functional groups attached to an aromatic ring is 1. The topological polar surface area (TPSA) is 71.7 Å². The minimum absolute atomic E-state index is 0.136. The van der Waals surface area contributed by atoms with Crippen molar-refractivity contribution in [1.82, 2.24) is 10.7 Å². The maximum absolute atomic E-state index is 5.63. The van der Waals surface area contributed by atoms with E-state index in [0.717, 1.165) is 17.0 Å². The second-order valence-corrected chi connectivity index (χ2v) is 4.67. The lowest BCUT2D eigenvalue weighted by Crippen LogP contribution is -2.40. The standard InChI is InChI=1S/C13H20N4OS/c1-9(8-18-3)15-13(19)17-16-10(2)11-4-6-12(14)7-5-11/h4-7,9H,8,14H2,1-3H3,(H2,15,17,19)/b16-10-/t9-/m1/s1. The molecule has 1 rings (SSSR count). The van der Waals surface area contributed by atoms with Crippen molar-refractivity contribution in [2.24, 2.45) is 5.10 Å². The van der Waals surface area contributed by atoms with E-state index >= 15 is 0 Å². The highest BCUT2D eigenvalue weighted by molar-refractivity contribution is 7.80. The first-order valence-electron chi connectivity index (χ1n) is 5.98. The molecule has 104 valence electrons. The molecular weight excluding hydrogens is 260 g/mol. The van der Waals surface area contributed by atoms with Crippen molar-refractivity contribution >= 4 is 28.7 Å². The van der Waals surface area contributed by atoms with E-state index in [0.29, 0.717) is 11.7 Å². The molecule has 5 nitrogen and oxygen atoms in total. The monoisotopic (exact) mass is 280 g/mol. The summed E-state index contributed by atoms with van der Waals surface area (Å²) in [6, 6.07) is 7.65. The Morgan fingerprint density at radius 2 is 2.05 bits per heavy atom. The molecule has 1 aromatic rings. The molecule has 0 radical (unpaired) electrons. The fraction of sp³-hybridized carbons (Fsp3) is 0.385. The number of hydrazone groups is 1. The van der Waals surface area contributed by atoms with Crippen LogP contribution in [0.1, 0.15) is 19.4 Å². The van der Waals surface area contributed by atoms with E-state index < -0.39 is 0 Å². The Bertz CT molecular complexity index is 444. The second kappa shape index (κ2) is 7.70. The summed E-state index contributed by atoms with van der Waals surface area (Å²) in [5, 5.41) is 7.76. The average molecular weight is 280 g/mol. The number of nitrogens with zero attached hydrogens (tertiary/aromatic N) is 1. The fourth-order valence-corrected chi connectivity index (χ4v) is 1.72. The van der Waals surface area contributed by atoms with Crippen LogP contribution >= 0.6 is 12.2 Å². The number of nitrogens with one attached hydrogen (secondary N) is 2. The second-order valence-electron chi connectivity index (χ2n) is 4.26. The molecule has 6 heteroatoms. The summed E-state index contributed by atoms with van der Waals surface area (Å²) >= 11 is 5.13. The molecule has 0 aliphatic heterocycles. The van der Waals surface area contributed by atoms with Gasteiger partial charge < -0.3 is 15.8 Å². The minimum Gasteiger partial charge on any atom is -0.399 e. The molecule has 0 amide bonds. The van der Waals surface area contributed by atoms with Crippen LogP contribution in [0.3, 0.4) is 0 Å². The molecule has 0 saturated carbocycles. The number of rotatable bonds is 5. The van der Waals surface area contributed by atoms with Crippen LogP contribution in [-0.2, 0) is 4.74 Å². The SMILES string of the molecule is COC[C@@H](C)NC(=S)N/N=C(/C)c1ccc(N)cc1. The number of methoxy groups -OCH3 is 1. The van der Waals surface area contributed by atoms with E-state index in [2.05, 4.69) is 15.8 Å². The van der Waals surface area contributed by atoms with Crippen LogP contribution in [0.5, 0.6) is 0 Å². The van der Waals surface area contributed by atoms with Crippen LogP contribution in [0.2, 0.25) is 0 Å². The molecule has 1 atom stereocenters. The van der Waals surface area contributed by atoms with Gasteiger partial charge in [0.2, 0.25) is 0 Å². The van der Waals surface area contributed by atoms with E-state index in [1.807, 2.05) is 38.1 Å². The van der Waals surface area contributed by atoms with Gasteiger partial charge in [-0.3, -0.25) is 5.43 Å². The summed E-state index contributed by atoms with van der Waals surface area (Å²) in [6.45, 7) is 4.47. The Morgan fingerprint density at radius 1 is 1.42 bits per heavy atom. The highest BCUT2D eigenvalue weighted by Crippen LogP contribution is 2.06. The lowest BCUT2D eigenvalue weighted by Gasteiger charge is -2.14. The van der Waals surface area contributed by atoms with Gasteiger partial charge in [0, 0.05) is 18.8 Å². The van der Waals surface area contributed by atoms with Gasteiger partial charge in [-0.15, -0.1) is 0 Å². The zero-order valence-corrected chi connectivity index (χ0v) is 12.3. The van der Waals surface area contributed by atoms with Gasteiger partial charge in [-0.2, -0.15) is 5.10 Å². The summed E-state index contributed by atoms with van der Waals surface area (Å²) in [5.41, 5.74) is 11.0. The van der Waals surface area contributed by atoms with Gasteiger partial charge in [0.25, 0.3) is 0 Å². The lowest BCUT2D eigenvalue weighted by molar-refractivity contribution is 0.179. The highest BCUT2D eigenvalue weighted by atomic mass is 32.1. The fourth-order valence-electron chi connectivity index (χ4n) is 1.47. The number of nitrogens with two attached hydrogens (primary N) is 1. The van der Waals surface area contributed by atoms with Gasteiger partial charge in [0.1, 0.15) is 0 Å².